The van der Waals surface area contributed by atoms with Crippen LogP contribution in [0.15, 0.2) is 0 Å². The molecule has 0 saturated carbocycles. The summed E-state index contributed by atoms with van der Waals surface area (Å²) in [6, 6.07) is 0. The van der Waals surface area contributed by atoms with Crippen molar-refractivity contribution in [2.45, 2.75) is 13.3 Å². The van der Waals surface area contributed by atoms with E-state index in [2.05, 4.69) is 4.52 Å². The SMILES string of the molecule is CCCOP(O)O.[AlH3]. The first-order chi connectivity index (χ1) is 3.27. The van der Waals surface area contributed by atoms with Gasteiger partial charge in [-0.25, -0.2) is 0 Å². The van der Waals surface area contributed by atoms with Gasteiger partial charge in [0.2, 0.25) is 0 Å². The van der Waals surface area contributed by atoms with Gasteiger partial charge in [0, 0.05) is 0 Å². The molecule has 0 aliphatic heterocycles. The van der Waals surface area contributed by atoms with Gasteiger partial charge in [-0.2, -0.15) is 0 Å². The Hall–Kier alpha value is 0.842. The minimum Gasteiger partial charge on any atom is -0.328 e. The van der Waals surface area contributed by atoms with E-state index in [9.17, 15) is 0 Å². The standard InChI is InChI=1S/C3H9O3P.Al.3H/c1-2-3-6-7(4)5;;;;/h4-5H,2-3H2,1H3;;;;. The fourth-order valence-corrected chi connectivity index (χ4v) is 0.519. The van der Waals surface area contributed by atoms with Crippen LogP contribution in [0.3, 0.4) is 0 Å². The van der Waals surface area contributed by atoms with Crippen molar-refractivity contribution in [2.24, 2.45) is 0 Å². The van der Waals surface area contributed by atoms with Crippen LogP contribution in [0.25, 0.3) is 0 Å². The van der Waals surface area contributed by atoms with E-state index >= 15 is 0 Å². The molecule has 0 aliphatic carbocycles. The molecule has 5 heteroatoms. The normalized spacial score (nSPS) is 9.00. The van der Waals surface area contributed by atoms with Gasteiger partial charge in [0.1, 0.15) is 0 Å². The fourth-order valence-electron chi connectivity index (χ4n) is 0.173. The zero-order valence-corrected chi connectivity index (χ0v) is 5.06. The van der Waals surface area contributed by atoms with Crippen LogP contribution in [0.1, 0.15) is 13.3 Å². The van der Waals surface area contributed by atoms with E-state index in [1.165, 1.54) is 0 Å². The predicted octanol–water partition coefficient (Wildman–Crippen LogP) is -0.559. The minimum atomic E-state index is -2.11. The first kappa shape index (κ1) is 11.6. The molecule has 0 aromatic heterocycles. The molecule has 0 aromatic rings. The van der Waals surface area contributed by atoms with Crippen LogP contribution in [0, 0.1) is 0 Å². The van der Waals surface area contributed by atoms with Gasteiger partial charge >= 0.3 is 8.60 Å². The highest BCUT2D eigenvalue weighted by Gasteiger charge is 1.93. The lowest BCUT2D eigenvalue weighted by molar-refractivity contribution is 0.255. The van der Waals surface area contributed by atoms with E-state index in [4.69, 9.17) is 9.79 Å². The zero-order valence-electron chi connectivity index (χ0n) is 4.16. The lowest BCUT2D eigenvalue weighted by Gasteiger charge is -1.98. The van der Waals surface area contributed by atoms with Crippen molar-refractivity contribution in [3.05, 3.63) is 0 Å². The third kappa shape index (κ3) is 9.96. The molecule has 3 nitrogen and oxygen atoms in total. The monoisotopic (exact) mass is 154 g/mol. The Balaban J connectivity index is 0. The van der Waals surface area contributed by atoms with E-state index < -0.39 is 8.60 Å². The third-order valence-electron chi connectivity index (χ3n) is 0.411. The van der Waals surface area contributed by atoms with Crippen LogP contribution < -0.4 is 0 Å². The second-order valence-corrected chi connectivity index (χ2v) is 1.85. The largest absolute Gasteiger partial charge is 0.328 e. The smallest absolute Gasteiger partial charge is 0.327 e. The fraction of sp³-hybridized carbons (Fsp3) is 1.00. The third-order valence-corrected chi connectivity index (χ3v) is 0.824. The molecule has 0 radical (unpaired) electrons. The van der Waals surface area contributed by atoms with Gasteiger partial charge < -0.3 is 14.3 Å². The maximum Gasteiger partial charge on any atom is 0.327 e. The van der Waals surface area contributed by atoms with Crippen molar-refractivity contribution in [3.63, 3.8) is 0 Å². The van der Waals surface area contributed by atoms with Crippen molar-refractivity contribution in [3.8, 4) is 0 Å². The van der Waals surface area contributed by atoms with Gasteiger partial charge in [-0.15, -0.1) is 0 Å². The summed E-state index contributed by atoms with van der Waals surface area (Å²) in [5.41, 5.74) is 0. The van der Waals surface area contributed by atoms with Gasteiger partial charge in [-0.3, -0.25) is 0 Å². The summed E-state index contributed by atoms with van der Waals surface area (Å²) in [6.07, 6.45) is 0.819. The van der Waals surface area contributed by atoms with Crippen LogP contribution in [0.4, 0.5) is 0 Å². The molecule has 0 atom stereocenters. The number of hydrogen-bond acceptors (Lipinski definition) is 3. The Morgan fingerprint density at radius 2 is 2.00 bits per heavy atom. The summed E-state index contributed by atoms with van der Waals surface area (Å²) < 4.78 is 4.37. The lowest BCUT2D eigenvalue weighted by Crippen LogP contribution is -1.83. The molecule has 0 unspecified atom stereocenters. The van der Waals surface area contributed by atoms with Crippen LogP contribution in [0.5, 0.6) is 0 Å². The molecular weight excluding hydrogens is 142 g/mol. The Morgan fingerprint density at radius 3 is 2.12 bits per heavy atom. The van der Waals surface area contributed by atoms with Gasteiger partial charge in [0.25, 0.3) is 0 Å². The summed E-state index contributed by atoms with van der Waals surface area (Å²) in [5.74, 6) is 0. The summed E-state index contributed by atoms with van der Waals surface area (Å²) in [7, 11) is -2.11. The molecule has 0 heterocycles. The Kier molecular flexibility index (Phi) is 11.4. The van der Waals surface area contributed by atoms with E-state index in [-0.39, 0.29) is 17.4 Å². The van der Waals surface area contributed by atoms with E-state index in [1.54, 1.807) is 0 Å². The van der Waals surface area contributed by atoms with Gasteiger partial charge in [-0.1, -0.05) is 6.92 Å². The van der Waals surface area contributed by atoms with Crippen molar-refractivity contribution < 1.29 is 14.3 Å². The maximum absolute atomic E-state index is 8.08. The van der Waals surface area contributed by atoms with Gasteiger partial charge in [0.05, 0.1) is 6.61 Å². The van der Waals surface area contributed by atoms with Crippen molar-refractivity contribution in [1.82, 2.24) is 0 Å². The Bertz CT molecular complexity index is 43.5. The molecule has 0 aromatic carbocycles. The molecule has 0 spiro atoms. The Morgan fingerprint density at radius 1 is 1.50 bits per heavy atom. The summed E-state index contributed by atoms with van der Waals surface area (Å²) >= 11 is 0. The quantitative estimate of drug-likeness (QED) is 0.423. The van der Waals surface area contributed by atoms with Crippen molar-refractivity contribution >= 4 is 26.0 Å². The molecule has 0 rings (SSSR count). The average Bonchev–Trinajstić information content (AvgIpc) is 1.61. The molecule has 2 N–H and O–H groups in total. The second-order valence-electron chi connectivity index (χ2n) is 1.09. The molecule has 50 valence electrons. The maximum atomic E-state index is 8.08. The van der Waals surface area contributed by atoms with Crippen molar-refractivity contribution in [2.75, 3.05) is 6.61 Å². The molecular formula is C3H12AlO3P. The highest BCUT2D eigenvalue weighted by atomic mass is 31.2. The van der Waals surface area contributed by atoms with E-state index in [1.807, 2.05) is 6.92 Å². The molecule has 0 bridgehead atoms. The average molecular weight is 154 g/mol. The summed E-state index contributed by atoms with van der Waals surface area (Å²) in [5, 5.41) is 0. The lowest BCUT2D eigenvalue weighted by atomic mass is 10.5. The predicted molar refractivity (Wildman–Crippen MR) is 37.5 cm³/mol. The first-order valence-electron chi connectivity index (χ1n) is 2.08. The number of hydrogen-bond donors (Lipinski definition) is 2. The molecule has 0 aliphatic rings. The van der Waals surface area contributed by atoms with Crippen molar-refractivity contribution in [1.29, 1.82) is 0 Å². The highest BCUT2D eigenvalue weighted by Crippen LogP contribution is 2.23. The highest BCUT2D eigenvalue weighted by molar-refractivity contribution is 7.39. The zero-order chi connectivity index (χ0) is 5.70. The summed E-state index contributed by atoms with van der Waals surface area (Å²) in [6.45, 7) is 2.33. The Labute approximate surface area is 60.8 Å². The van der Waals surface area contributed by atoms with Gasteiger partial charge in [0.15, 0.2) is 17.4 Å². The van der Waals surface area contributed by atoms with E-state index in [0.717, 1.165) is 6.42 Å². The van der Waals surface area contributed by atoms with Crippen LogP contribution in [-0.2, 0) is 4.52 Å². The molecule has 0 amide bonds. The van der Waals surface area contributed by atoms with Gasteiger partial charge in [-0.05, 0) is 6.42 Å². The molecule has 0 fully saturated rings. The number of rotatable bonds is 3. The topological polar surface area (TPSA) is 49.7 Å². The summed E-state index contributed by atoms with van der Waals surface area (Å²) in [4.78, 5) is 16.2. The first-order valence-corrected chi connectivity index (χ1v) is 3.24. The van der Waals surface area contributed by atoms with Crippen LogP contribution >= 0.6 is 8.60 Å². The van der Waals surface area contributed by atoms with Crippen LogP contribution in [0.2, 0.25) is 0 Å². The minimum absolute atomic E-state index is 0. The molecule has 8 heavy (non-hydrogen) atoms. The molecule has 0 saturated heterocycles. The van der Waals surface area contributed by atoms with Crippen LogP contribution in [-0.4, -0.2) is 33.8 Å². The second kappa shape index (κ2) is 7.84. The van der Waals surface area contributed by atoms with E-state index in [0.29, 0.717) is 6.61 Å².